The molecule has 80 valence electrons. The number of rotatable bonds is 3. The molecule has 1 aromatic rings. The maximum Gasteiger partial charge on any atom is 0.227 e. The monoisotopic (exact) mass is 205 g/mol. The van der Waals surface area contributed by atoms with Crippen molar-refractivity contribution in [1.29, 1.82) is 0 Å². The van der Waals surface area contributed by atoms with Crippen molar-refractivity contribution in [2.45, 2.75) is 19.3 Å². The van der Waals surface area contributed by atoms with Crippen molar-refractivity contribution in [3.63, 3.8) is 0 Å². The van der Waals surface area contributed by atoms with Crippen LogP contribution in [-0.2, 0) is 11.2 Å². The fourth-order valence-electron chi connectivity index (χ4n) is 1.98. The number of aliphatic hydroxyl groups is 1. The van der Waals surface area contributed by atoms with Crippen LogP contribution in [0.15, 0.2) is 24.3 Å². The third-order valence-electron chi connectivity index (χ3n) is 2.82. The highest BCUT2D eigenvalue weighted by molar-refractivity contribution is 5.95. The second kappa shape index (κ2) is 4.45. The standard InChI is InChI=1S/C12H15NO2/c14-7-3-5-10-8-9-4-1-2-6-11(9)13-12(10)15/h1-2,4,6,10,14H,3,5,7-8H2,(H,13,15). The number of nitrogens with one attached hydrogen (secondary N) is 1. The van der Waals surface area contributed by atoms with E-state index in [0.717, 1.165) is 18.5 Å². The van der Waals surface area contributed by atoms with Crippen LogP contribution in [0.2, 0.25) is 0 Å². The number of para-hydroxylation sites is 1. The zero-order chi connectivity index (χ0) is 10.7. The van der Waals surface area contributed by atoms with Crippen molar-refractivity contribution in [3.8, 4) is 0 Å². The van der Waals surface area contributed by atoms with Crippen molar-refractivity contribution in [1.82, 2.24) is 0 Å². The predicted octanol–water partition coefficient (Wildman–Crippen LogP) is 1.57. The van der Waals surface area contributed by atoms with E-state index in [-0.39, 0.29) is 18.4 Å². The third kappa shape index (κ3) is 2.18. The van der Waals surface area contributed by atoms with Crippen LogP contribution in [0, 0.1) is 5.92 Å². The molecule has 0 radical (unpaired) electrons. The fraction of sp³-hybridized carbons (Fsp3) is 0.417. The average Bonchev–Trinajstić information content (AvgIpc) is 2.26. The van der Waals surface area contributed by atoms with E-state index in [9.17, 15) is 4.79 Å². The molecule has 0 fully saturated rings. The highest BCUT2D eigenvalue weighted by Gasteiger charge is 2.24. The van der Waals surface area contributed by atoms with E-state index in [0.29, 0.717) is 6.42 Å². The molecule has 1 aliphatic rings. The van der Waals surface area contributed by atoms with E-state index in [1.165, 1.54) is 5.56 Å². The molecule has 0 aliphatic carbocycles. The highest BCUT2D eigenvalue weighted by Crippen LogP contribution is 2.27. The van der Waals surface area contributed by atoms with Crippen molar-refractivity contribution in [2.75, 3.05) is 11.9 Å². The maximum atomic E-state index is 11.7. The zero-order valence-electron chi connectivity index (χ0n) is 8.57. The van der Waals surface area contributed by atoms with E-state index in [4.69, 9.17) is 5.11 Å². The largest absolute Gasteiger partial charge is 0.396 e. The molecule has 3 nitrogen and oxygen atoms in total. The fourth-order valence-corrected chi connectivity index (χ4v) is 1.98. The summed E-state index contributed by atoms with van der Waals surface area (Å²) < 4.78 is 0. The van der Waals surface area contributed by atoms with Gasteiger partial charge in [0.2, 0.25) is 5.91 Å². The van der Waals surface area contributed by atoms with Gasteiger partial charge in [0, 0.05) is 18.2 Å². The number of hydrogen-bond acceptors (Lipinski definition) is 2. The molecule has 0 spiro atoms. The second-order valence-electron chi connectivity index (χ2n) is 3.91. The summed E-state index contributed by atoms with van der Waals surface area (Å²) in [5, 5.41) is 11.6. The van der Waals surface area contributed by atoms with E-state index >= 15 is 0 Å². The van der Waals surface area contributed by atoms with Gasteiger partial charge in [0.15, 0.2) is 0 Å². The minimum absolute atomic E-state index is 0.0204. The Bertz CT molecular complexity index is 362. The molecular weight excluding hydrogens is 190 g/mol. The summed E-state index contributed by atoms with van der Waals surface area (Å²) in [5.41, 5.74) is 2.13. The molecule has 2 rings (SSSR count). The highest BCUT2D eigenvalue weighted by atomic mass is 16.3. The maximum absolute atomic E-state index is 11.7. The van der Waals surface area contributed by atoms with Crippen molar-refractivity contribution in [3.05, 3.63) is 29.8 Å². The first kappa shape index (κ1) is 10.2. The van der Waals surface area contributed by atoms with Crippen molar-refractivity contribution < 1.29 is 9.90 Å². The van der Waals surface area contributed by atoms with Crippen LogP contribution < -0.4 is 5.32 Å². The summed E-state index contributed by atoms with van der Waals surface area (Å²) in [5.74, 6) is 0.106. The molecule has 0 saturated carbocycles. The van der Waals surface area contributed by atoms with Crippen LogP contribution in [0.5, 0.6) is 0 Å². The lowest BCUT2D eigenvalue weighted by molar-refractivity contribution is -0.120. The number of benzene rings is 1. The van der Waals surface area contributed by atoms with Crippen LogP contribution in [0.25, 0.3) is 0 Å². The van der Waals surface area contributed by atoms with Crippen LogP contribution in [-0.4, -0.2) is 17.6 Å². The van der Waals surface area contributed by atoms with Gasteiger partial charge in [-0.25, -0.2) is 0 Å². The van der Waals surface area contributed by atoms with Gasteiger partial charge < -0.3 is 10.4 Å². The first-order valence-electron chi connectivity index (χ1n) is 5.31. The Morgan fingerprint density at radius 1 is 1.40 bits per heavy atom. The van der Waals surface area contributed by atoms with Gasteiger partial charge in [-0.2, -0.15) is 0 Å². The lowest BCUT2D eigenvalue weighted by Crippen LogP contribution is -2.29. The Morgan fingerprint density at radius 3 is 3.00 bits per heavy atom. The molecule has 0 bridgehead atoms. The van der Waals surface area contributed by atoms with Gasteiger partial charge in [0.1, 0.15) is 0 Å². The van der Waals surface area contributed by atoms with Crippen LogP contribution in [0.3, 0.4) is 0 Å². The second-order valence-corrected chi connectivity index (χ2v) is 3.91. The average molecular weight is 205 g/mol. The Morgan fingerprint density at radius 2 is 2.20 bits per heavy atom. The molecule has 1 unspecified atom stereocenters. The summed E-state index contributed by atoms with van der Waals surface area (Å²) >= 11 is 0. The number of carbonyl (C=O) groups is 1. The predicted molar refractivity (Wildman–Crippen MR) is 58.6 cm³/mol. The normalized spacial score (nSPS) is 19.5. The molecular formula is C12H15NO2. The van der Waals surface area contributed by atoms with Gasteiger partial charge in [0.05, 0.1) is 0 Å². The van der Waals surface area contributed by atoms with E-state index in [1.807, 2.05) is 24.3 Å². The lowest BCUT2D eigenvalue weighted by atomic mass is 9.90. The zero-order valence-corrected chi connectivity index (χ0v) is 8.57. The molecule has 0 saturated heterocycles. The van der Waals surface area contributed by atoms with Gasteiger partial charge in [0.25, 0.3) is 0 Å². The number of fused-ring (bicyclic) bond motifs is 1. The van der Waals surface area contributed by atoms with E-state index in [1.54, 1.807) is 0 Å². The molecule has 1 heterocycles. The Balaban J connectivity index is 2.11. The molecule has 1 aromatic carbocycles. The van der Waals surface area contributed by atoms with Crippen LogP contribution >= 0.6 is 0 Å². The Hall–Kier alpha value is -1.35. The summed E-state index contributed by atoms with van der Waals surface area (Å²) in [6.45, 7) is 0.158. The van der Waals surface area contributed by atoms with Gasteiger partial charge in [-0.15, -0.1) is 0 Å². The summed E-state index contributed by atoms with van der Waals surface area (Å²) in [7, 11) is 0. The topological polar surface area (TPSA) is 49.3 Å². The summed E-state index contributed by atoms with van der Waals surface area (Å²) in [4.78, 5) is 11.7. The first-order valence-corrected chi connectivity index (χ1v) is 5.31. The Labute approximate surface area is 89.1 Å². The smallest absolute Gasteiger partial charge is 0.227 e. The number of carbonyl (C=O) groups excluding carboxylic acids is 1. The number of amides is 1. The molecule has 1 aliphatic heterocycles. The first-order chi connectivity index (χ1) is 7.31. The molecule has 3 heteroatoms. The lowest BCUT2D eigenvalue weighted by Gasteiger charge is -2.24. The Kier molecular flexibility index (Phi) is 3.02. The number of aliphatic hydroxyl groups excluding tert-OH is 1. The number of anilines is 1. The van der Waals surface area contributed by atoms with Crippen molar-refractivity contribution >= 4 is 11.6 Å². The minimum Gasteiger partial charge on any atom is -0.396 e. The van der Waals surface area contributed by atoms with E-state index < -0.39 is 0 Å². The van der Waals surface area contributed by atoms with Gasteiger partial charge in [-0.05, 0) is 30.9 Å². The molecule has 1 atom stereocenters. The van der Waals surface area contributed by atoms with Gasteiger partial charge in [-0.3, -0.25) is 4.79 Å². The summed E-state index contributed by atoms with van der Waals surface area (Å²) in [6, 6.07) is 7.88. The molecule has 15 heavy (non-hydrogen) atoms. The molecule has 2 N–H and O–H groups in total. The van der Waals surface area contributed by atoms with E-state index in [2.05, 4.69) is 5.32 Å². The summed E-state index contributed by atoms with van der Waals surface area (Å²) in [6.07, 6.45) is 2.25. The minimum atomic E-state index is 0.0204. The number of hydrogen-bond donors (Lipinski definition) is 2. The van der Waals surface area contributed by atoms with Crippen LogP contribution in [0.1, 0.15) is 18.4 Å². The third-order valence-corrected chi connectivity index (χ3v) is 2.82. The quantitative estimate of drug-likeness (QED) is 0.787. The molecule has 1 amide bonds. The SMILES string of the molecule is O=C1Nc2ccccc2CC1CCCO. The van der Waals surface area contributed by atoms with Gasteiger partial charge in [-0.1, -0.05) is 18.2 Å². The molecule has 0 aromatic heterocycles. The van der Waals surface area contributed by atoms with Crippen molar-refractivity contribution in [2.24, 2.45) is 5.92 Å². The van der Waals surface area contributed by atoms with Crippen LogP contribution in [0.4, 0.5) is 5.69 Å². The van der Waals surface area contributed by atoms with Gasteiger partial charge >= 0.3 is 0 Å².